The molecule has 0 amide bonds. The van der Waals surface area contributed by atoms with Gasteiger partial charge < -0.3 is 0 Å². The van der Waals surface area contributed by atoms with E-state index in [1.165, 1.54) is 0 Å². The molecule has 0 heterocycles. The molecule has 0 unspecified atom stereocenters. The van der Waals surface area contributed by atoms with E-state index in [9.17, 15) is 19.2 Å². The normalized spacial score (nSPS) is 11.5. The van der Waals surface area contributed by atoms with Gasteiger partial charge in [-0.1, -0.05) is 36.4 Å². The van der Waals surface area contributed by atoms with Gasteiger partial charge in [-0.05, 0) is 82.3 Å². The second-order valence-electron chi connectivity index (χ2n) is 8.98. The Morgan fingerprint density at radius 2 is 0.688 bits per heavy atom. The van der Waals surface area contributed by atoms with Crippen LogP contribution in [0.2, 0.25) is 0 Å². The molecule has 4 aromatic carbocycles. The van der Waals surface area contributed by atoms with Gasteiger partial charge in [-0.2, -0.15) is 0 Å². The lowest BCUT2D eigenvalue weighted by atomic mass is 9.83. The minimum absolute atomic E-state index is 0.0587. The monoisotopic (exact) mass is 426 g/mol. The van der Waals surface area contributed by atoms with Crippen molar-refractivity contribution in [3.8, 4) is 0 Å². The molecule has 162 valence electrons. The van der Waals surface area contributed by atoms with E-state index in [2.05, 4.69) is 0 Å². The van der Waals surface area contributed by atoms with E-state index in [-0.39, 0.29) is 23.1 Å². The van der Waals surface area contributed by atoms with Gasteiger partial charge in [0.25, 0.3) is 0 Å². The van der Waals surface area contributed by atoms with Crippen LogP contribution < -0.4 is 0 Å². The maximum atomic E-state index is 12.0. The highest BCUT2D eigenvalue weighted by Gasteiger charge is 2.20. The van der Waals surface area contributed by atoms with Crippen LogP contribution in [-0.2, 0) is 44.9 Å². The molecule has 4 rings (SSSR count). The number of ketones is 4. The first-order valence-corrected chi connectivity index (χ1v) is 10.9. The van der Waals surface area contributed by atoms with Gasteiger partial charge in [-0.15, -0.1) is 0 Å². The Morgan fingerprint density at radius 1 is 0.469 bits per heavy atom. The lowest BCUT2D eigenvalue weighted by Gasteiger charge is -2.20. The molecule has 0 N–H and O–H groups in total. The zero-order chi connectivity index (χ0) is 23.2. The molecule has 0 saturated carbocycles. The second-order valence-corrected chi connectivity index (χ2v) is 8.98. The number of benzene rings is 4. The third-order valence-electron chi connectivity index (χ3n) is 6.00. The largest absolute Gasteiger partial charge is 0.300 e. The molecule has 0 radical (unpaired) electrons. The summed E-state index contributed by atoms with van der Waals surface area (Å²) in [4.78, 5) is 48.1. The van der Waals surface area contributed by atoms with E-state index in [0.717, 1.165) is 54.6 Å². The topological polar surface area (TPSA) is 68.3 Å². The Kier molecular flexibility index (Phi) is 5.64. The minimum Gasteiger partial charge on any atom is -0.300 e. The highest BCUT2D eigenvalue weighted by molar-refractivity contribution is 6.26. The van der Waals surface area contributed by atoms with Crippen LogP contribution in [0, 0.1) is 0 Å². The van der Waals surface area contributed by atoms with Crippen LogP contribution in [0.5, 0.6) is 0 Å². The number of hydrogen-bond acceptors (Lipinski definition) is 4. The predicted octanol–water partition coefficient (Wildman–Crippen LogP) is 5.11. The Bertz CT molecular complexity index is 1210. The van der Waals surface area contributed by atoms with Crippen molar-refractivity contribution in [2.45, 2.75) is 53.4 Å². The summed E-state index contributed by atoms with van der Waals surface area (Å²) < 4.78 is 0. The molecule has 4 aromatic rings. The first-order chi connectivity index (χ1) is 15.2. The summed E-state index contributed by atoms with van der Waals surface area (Å²) >= 11 is 0. The van der Waals surface area contributed by atoms with E-state index in [1.54, 1.807) is 27.7 Å². The number of carbonyl (C=O) groups is 4. The first-order valence-electron chi connectivity index (χ1n) is 10.9. The van der Waals surface area contributed by atoms with Gasteiger partial charge in [-0.25, -0.2) is 0 Å². The molecule has 4 heteroatoms. The Labute approximate surface area is 186 Å². The van der Waals surface area contributed by atoms with Crippen LogP contribution in [0.1, 0.15) is 49.9 Å². The SMILES string of the molecule is CC(=O)Cc1cc(CC(C)=O)c2ccc3c(CC(C)=O)cc(CC(C)=O)c4ccc1c2c43. The van der Waals surface area contributed by atoms with E-state index in [1.807, 2.05) is 36.4 Å². The van der Waals surface area contributed by atoms with Crippen LogP contribution in [0.15, 0.2) is 36.4 Å². The van der Waals surface area contributed by atoms with Gasteiger partial charge in [-0.3, -0.25) is 19.2 Å². The van der Waals surface area contributed by atoms with E-state index in [4.69, 9.17) is 0 Å². The van der Waals surface area contributed by atoms with Crippen molar-refractivity contribution in [1.82, 2.24) is 0 Å². The average Bonchev–Trinajstić information content (AvgIpc) is 2.68. The molecule has 4 nitrogen and oxygen atoms in total. The van der Waals surface area contributed by atoms with Gasteiger partial charge in [0.05, 0.1) is 0 Å². The molecular formula is C28H26O4. The van der Waals surface area contributed by atoms with Crippen LogP contribution in [-0.4, -0.2) is 23.1 Å². The Hall–Kier alpha value is -3.40. The van der Waals surface area contributed by atoms with Gasteiger partial charge in [0.1, 0.15) is 23.1 Å². The lowest BCUT2D eigenvalue weighted by Crippen LogP contribution is -2.06. The fourth-order valence-corrected chi connectivity index (χ4v) is 4.96. The van der Waals surface area contributed by atoms with Crippen LogP contribution in [0.3, 0.4) is 0 Å². The number of hydrogen-bond donors (Lipinski definition) is 0. The summed E-state index contributed by atoms with van der Waals surface area (Å²) in [7, 11) is 0. The summed E-state index contributed by atoms with van der Waals surface area (Å²) in [5, 5.41) is 5.93. The molecule has 0 aliphatic heterocycles. The molecule has 0 aliphatic carbocycles. The molecule has 0 saturated heterocycles. The van der Waals surface area contributed by atoms with Gasteiger partial charge in [0, 0.05) is 25.7 Å². The quantitative estimate of drug-likeness (QED) is 0.367. The summed E-state index contributed by atoms with van der Waals surface area (Å²) in [5.41, 5.74) is 3.61. The van der Waals surface area contributed by atoms with Crippen molar-refractivity contribution in [2.75, 3.05) is 0 Å². The molecule has 0 aromatic heterocycles. The lowest BCUT2D eigenvalue weighted by molar-refractivity contribution is -0.117. The van der Waals surface area contributed by atoms with Crippen LogP contribution >= 0.6 is 0 Å². The third-order valence-corrected chi connectivity index (χ3v) is 6.00. The van der Waals surface area contributed by atoms with Crippen molar-refractivity contribution in [3.63, 3.8) is 0 Å². The molecule has 0 atom stereocenters. The molecule has 0 spiro atoms. The third kappa shape index (κ3) is 3.93. The second kappa shape index (κ2) is 8.27. The van der Waals surface area contributed by atoms with Crippen molar-refractivity contribution in [3.05, 3.63) is 58.7 Å². The highest BCUT2D eigenvalue weighted by atomic mass is 16.1. The van der Waals surface area contributed by atoms with E-state index in [0.29, 0.717) is 25.7 Å². The van der Waals surface area contributed by atoms with Crippen molar-refractivity contribution < 1.29 is 19.2 Å². The molecule has 0 aliphatic rings. The Morgan fingerprint density at radius 3 is 0.875 bits per heavy atom. The fraction of sp³-hybridized carbons (Fsp3) is 0.286. The average molecular weight is 427 g/mol. The van der Waals surface area contributed by atoms with Crippen molar-refractivity contribution in [1.29, 1.82) is 0 Å². The summed E-state index contributed by atoms with van der Waals surface area (Å²) in [5.74, 6) is 0.235. The van der Waals surface area contributed by atoms with E-state index < -0.39 is 0 Å². The number of rotatable bonds is 8. The zero-order valence-corrected chi connectivity index (χ0v) is 18.9. The zero-order valence-electron chi connectivity index (χ0n) is 18.9. The molecular weight excluding hydrogens is 400 g/mol. The van der Waals surface area contributed by atoms with Crippen LogP contribution in [0.25, 0.3) is 32.3 Å². The summed E-state index contributed by atoms with van der Waals surface area (Å²) in [6, 6.07) is 12.1. The Balaban J connectivity index is 2.20. The summed E-state index contributed by atoms with van der Waals surface area (Å²) in [6.45, 7) is 6.27. The summed E-state index contributed by atoms with van der Waals surface area (Å²) in [6.07, 6.45) is 1.17. The smallest absolute Gasteiger partial charge is 0.134 e. The van der Waals surface area contributed by atoms with E-state index >= 15 is 0 Å². The number of Topliss-reactive ketones (excluding diaryl/α,β-unsaturated/α-hetero) is 4. The van der Waals surface area contributed by atoms with Gasteiger partial charge in [0.15, 0.2) is 0 Å². The number of carbonyl (C=O) groups excluding carboxylic acids is 4. The highest BCUT2D eigenvalue weighted by Crippen LogP contribution is 2.41. The first kappa shape index (κ1) is 21.8. The van der Waals surface area contributed by atoms with Crippen molar-refractivity contribution in [2.24, 2.45) is 0 Å². The van der Waals surface area contributed by atoms with Crippen LogP contribution in [0.4, 0.5) is 0 Å². The molecule has 0 fully saturated rings. The maximum Gasteiger partial charge on any atom is 0.134 e. The minimum atomic E-state index is 0.0587. The van der Waals surface area contributed by atoms with Gasteiger partial charge >= 0.3 is 0 Å². The molecule has 32 heavy (non-hydrogen) atoms. The predicted molar refractivity (Wildman–Crippen MR) is 128 cm³/mol. The molecule has 0 bridgehead atoms. The maximum absolute atomic E-state index is 12.0. The fourth-order valence-electron chi connectivity index (χ4n) is 4.96. The van der Waals surface area contributed by atoms with Gasteiger partial charge in [0.2, 0.25) is 0 Å². The van der Waals surface area contributed by atoms with Crippen molar-refractivity contribution >= 4 is 55.5 Å². The standard InChI is InChI=1S/C28H26O4/c1-15(29)9-19-13-20(10-16(2)30)24-7-8-26-22(12-18(4)32)14-21(11-17(3)31)25-6-5-23(19)27(24)28(25)26/h5-8,13-14H,9-12H2,1-4H3.